The molecule has 0 spiro atoms. The maximum atomic E-state index is 13.7. The highest BCUT2D eigenvalue weighted by Crippen LogP contribution is 2.47. The molecule has 0 saturated carbocycles. The van der Waals surface area contributed by atoms with E-state index in [1.165, 1.54) is 13.0 Å². The van der Waals surface area contributed by atoms with E-state index in [-0.39, 0.29) is 11.1 Å². The number of hydrogen-bond acceptors (Lipinski definition) is 15. The van der Waals surface area contributed by atoms with Crippen molar-refractivity contribution in [3.05, 3.63) is 52.2 Å². The van der Waals surface area contributed by atoms with E-state index in [0.717, 1.165) is 30.3 Å². The zero-order valence-electron chi connectivity index (χ0n) is 22.1. The van der Waals surface area contributed by atoms with E-state index in [1.54, 1.807) is 0 Å². The van der Waals surface area contributed by atoms with Gasteiger partial charge in [0.25, 0.3) is 0 Å². The van der Waals surface area contributed by atoms with Crippen LogP contribution in [0.15, 0.2) is 45.6 Å². The Morgan fingerprint density at radius 3 is 2.21 bits per heavy atom. The summed E-state index contributed by atoms with van der Waals surface area (Å²) in [5.74, 6) is -6.67. The molecule has 15 heteroatoms. The molecule has 43 heavy (non-hydrogen) atoms. The first kappa shape index (κ1) is 29.6. The number of rotatable bonds is 6. The lowest BCUT2D eigenvalue weighted by atomic mass is 10.00. The van der Waals surface area contributed by atoms with Crippen LogP contribution in [0.1, 0.15) is 12.5 Å². The highest BCUT2D eigenvalue weighted by Gasteiger charge is 2.42. The minimum absolute atomic E-state index is 0.0302. The zero-order chi connectivity index (χ0) is 31.3. The zero-order valence-corrected chi connectivity index (χ0v) is 22.1. The molecule has 1 aliphatic heterocycles. The molecule has 1 saturated heterocycles. The van der Waals surface area contributed by atoms with Gasteiger partial charge in [-0.15, -0.1) is 0 Å². The summed E-state index contributed by atoms with van der Waals surface area (Å²) in [7, 11) is 0. The van der Waals surface area contributed by atoms with E-state index in [0.29, 0.717) is 0 Å². The average molecular weight is 603 g/mol. The molecule has 0 aliphatic carbocycles. The van der Waals surface area contributed by atoms with Gasteiger partial charge in [0.15, 0.2) is 35.0 Å². The molecule has 5 unspecified atom stereocenters. The van der Waals surface area contributed by atoms with Crippen LogP contribution in [0.4, 0.5) is 0 Å². The molecule has 10 N–H and O–H groups in total. The van der Waals surface area contributed by atoms with Gasteiger partial charge in [0.05, 0.1) is 18.3 Å². The molecule has 0 bridgehead atoms. The minimum atomic E-state index is -1.73. The maximum Gasteiger partial charge on any atom is 0.239 e. The number of fused-ring (bicyclic) bond motifs is 1. The number of aliphatic hydroxyl groups excluding tert-OH is 3. The van der Waals surface area contributed by atoms with E-state index >= 15 is 0 Å². The summed E-state index contributed by atoms with van der Waals surface area (Å²) < 4.78 is 22.4. The fourth-order valence-electron chi connectivity index (χ4n) is 4.53. The van der Waals surface area contributed by atoms with E-state index < -0.39 is 111 Å². The number of aliphatic hydroxyl groups is 3. The van der Waals surface area contributed by atoms with Crippen molar-refractivity contribution < 1.29 is 69.7 Å². The molecule has 0 radical (unpaired) electrons. The Kier molecular flexibility index (Phi) is 7.59. The van der Waals surface area contributed by atoms with Crippen LogP contribution < -0.4 is 10.2 Å². The largest absolute Gasteiger partial charge is 0.508 e. The van der Waals surface area contributed by atoms with Crippen LogP contribution in [0.5, 0.6) is 51.7 Å². The van der Waals surface area contributed by atoms with E-state index in [9.17, 15) is 55.9 Å². The summed E-state index contributed by atoms with van der Waals surface area (Å²) in [6, 6.07) is 6.06. The predicted octanol–water partition coefficient (Wildman–Crippen LogP) is 1.54. The molecule has 1 aliphatic rings. The minimum Gasteiger partial charge on any atom is -0.508 e. The van der Waals surface area contributed by atoms with Gasteiger partial charge in [0, 0.05) is 23.8 Å². The topological polar surface area (TPSA) is 260 Å². The Hall–Kier alpha value is -4.93. The van der Waals surface area contributed by atoms with Gasteiger partial charge in [-0.3, -0.25) is 4.79 Å². The van der Waals surface area contributed by atoms with Crippen molar-refractivity contribution >= 4 is 11.0 Å². The molecule has 15 nitrogen and oxygen atoms in total. The van der Waals surface area contributed by atoms with Crippen LogP contribution in [-0.2, 0) is 16.1 Å². The van der Waals surface area contributed by atoms with Crippen LogP contribution in [-0.4, -0.2) is 81.8 Å². The van der Waals surface area contributed by atoms with Crippen LogP contribution in [0.2, 0.25) is 0 Å². The van der Waals surface area contributed by atoms with E-state index in [2.05, 4.69) is 0 Å². The van der Waals surface area contributed by atoms with Crippen molar-refractivity contribution in [1.29, 1.82) is 0 Å². The number of hydrogen-bond donors (Lipinski definition) is 10. The number of aromatic hydroxyl groups is 7. The van der Waals surface area contributed by atoms with Crippen molar-refractivity contribution in [3.8, 4) is 63.1 Å². The second-order valence-electron chi connectivity index (χ2n) is 9.79. The molecule has 1 fully saturated rings. The van der Waals surface area contributed by atoms with E-state index in [4.69, 9.17) is 18.6 Å². The first-order valence-electron chi connectivity index (χ1n) is 12.6. The van der Waals surface area contributed by atoms with Gasteiger partial charge in [-0.1, -0.05) is 0 Å². The van der Waals surface area contributed by atoms with Crippen molar-refractivity contribution in [2.24, 2.45) is 0 Å². The first-order valence-corrected chi connectivity index (χ1v) is 12.6. The lowest BCUT2D eigenvalue weighted by Gasteiger charge is -2.38. The standard InChI is InChI=1S/C28H26O15/c1-9-20(34)24(38)25(39)28(41-9)40-8-12-17(7-16(33)22(36)21(12)35)42-27-23(37)19-15(32)5-11(29)6-18(19)43-26(27)10-2-3-13(30)14(31)4-10/h2-7,9,20,24-25,28-36,38-39H,8H2,1H3. The smallest absolute Gasteiger partial charge is 0.239 e. The molecular formula is C28H26O15. The third kappa shape index (κ3) is 5.26. The van der Waals surface area contributed by atoms with Gasteiger partial charge in [0.2, 0.25) is 16.9 Å². The van der Waals surface area contributed by atoms with Crippen LogP contribution in [0.25, 0.3) is 22.3 Å². The third-order valence-electron chi connectivity index (χ3n) is 6.89. The van der Waals surface area contributed by atoms with Crippen LogP contribution in [0, 0.1) is 0 Å². The van der Waals surface area contributed by atoms with Crippen LogP contribution in [0.3, 0.4) is 0 Å². The molecule has 228 valence electrons. The fourth-order valence-corrected chi connectivity index (χ4v) is 4.53. The van der Waals surface area contributed by atoms with Crippen molar-refractivity contribution in [2.45, 2.75) is 44.2 Å². The molecular weight excluding hydrogens is 576 g/mol. The van der Waals surface area contributed by atoms with Gasteiger partial charge in [-0.05, 0) is 25.1 Å². The summed E-state index contributed by atoms with van der Waals surface area (Å²) in [5, 5.41) is 101. The summed E-state index contributed by atoms with van der Waals surface area (Å²) in [6.45, 7) is 0.685. The fraction of sp³-hybridized carbons (Fsp3) is 0.250. The lowest BCUT2D eigenvalue weighted by Crippen LogP contribution is -2.57. The maximum absolute atomic E-state index is 13.7. The highest BCUT2D eigenvalue weighted by atomic mass is 16.7. The van der Waals surface area contributed by atoms with Crippen LogP contribution >= 0.6 is 0 Å². The summed E-state index contributed by atoms with van der Waals surface area (Å²) in [6.07, 6.45) is -7.32. The molecule has 5 rings (SSSR count). The lowest BCUT2D eigenvalue weighted by molar-refractivity contribution is -0.296. The Morgan fingerprint density at radius 1 is 0.791 bits per heavy atom. The molecule has 0 amide bonds. The quantitative estimate of drug-likeness (QED) is 0.140. The Morgan fingerprint density at radius 2 is 1.51 bits per heavy atom. The molecule has 1 aromatic heterocycles. The van der Waals surface area contributed by atoms with Gasteiger partial charge >= 0.3 is 0 Å². The van der Waals surface area contributed by atoms with Crippen molar-refractivity contribution in [3.63, 3.8) is 0 Å². The molecule has 5 atom stereocenters. The predicted molar refractivity (Wildman–Crippen MR) is 143 cm³/mol. The second kappa shape index (κ2) is 11.0. The van der Waals surface area contributed by atoms with Gasteiger partial charge < -0.3 is 69.7 Å². The SMILES string of the molecule is CC1OC(OCc2c(Oc3c(-c4ccc(O)c(O)c4)oc4cc(O)cc(O)c4c3=O)cc(O)c(O)c2O)C(O)C(O)C1O. The monoisotopic (exact) mass is 602 g/mol. The first-order chi connectivity index (χ1) is 20.3. The third-order valence-corrected chi connectivity index (χ3v) is 6.89. The summed E-state index contributed by atoms with van der Waals surface area (Å²) >= 11 is 0. The normalized spacial score (nSPS) is 22.1. The average Bonchev–Trinajstić information content (AvgIpc) is 2.95. The van der Waals surface area contributed by atoms with E-state index in [1.807, 2.05) is 0 Å². The van der Waals surface area contributed by atoms with Gasteiger partial charge in [-0.2, -0.15) is 0 Å². The molecule has 3 aromatic carbocycles. The molecule has 2 heterocycles. The van der Waals surface area contributed by atoms with Crippen molar-refractivity contribution in [1.82, 2.24) is 0 Å². The Bertz CT molecular complexity index is 1760. The van der Waals surface area contributed by atoms with Crippen molar-refractivity contribution in [2.75, 3.05) is 0 Å². The number of benzene rings is 3. The number of ether oxygens (including phenoxy) is 3. The summed E-state index contributed by atoms with van der Waals surface area (Å²) in [5.41, 5.74) is -1.74. The Labute approximate surface area is 240 Å². The number of phenols is 7. The summed E-state index contributed by atoms with van der Waals surface area (Å²) in [4.78, 5) is 13.7. The van der Waals surface area contributed by atoms with Gasteiger partial charge in [0.1, 0.15) is 46.5 Å². The van der Waals surface area contributed by atoms with Gasteiger partial charge in [-0.25, -0.2) is 0 Å². The Balaban J connectivity index is 1.64. The second-order valence-corrected chi connectivity index (χ2v) is 9.79. The highest BCUT2D eigenvalue weighted by molar-refractivity contribution is 5.88. The molecule has 4 aromatic rings. The number of phenolic OH excluding ortho intramolecular Hbond substituents is 7.